The van der Waals surface area contributed by atoms with Gasteiger partial charge in [-0.05, 0) is 32.2 Å². The molecule has 0 aliphatic heterocycles. The van der Waals surface area contributed by atoms with Gasteiger partial charge in [0, 0.05) is 30.1 Å². The number of nitrogens with zero attached hydrogens (tertiary/aromatic N) is 1. The molecular formula is C13H19Cl3N2OS. The molecule has 0 fully saturated rings. The van der Waals surface area contributed by atoms with Crippen LogP contribution in [-0.4, -0.2) is 43.2 Å². The summed E-state index contributed by atoms with van der Waals surface area (Å²) in [6.45, 7) is 3.33. The lowest BCUT2D eigenvalue weighted by atomic mass is 10.4. The van der Waals surface area contributed by atoms with Gasteiger partial charge in [0.2, 0.25) is 5.91 Å². The largest absolute Gasteiger partial charge is 0.344 e. The maximum Gasteiger partial charge on any atom is 0.235 e. The van der Waals surface area contributed by atoms with Gasteiger partial charge < -0.3 is 10.2 Å². The number of nitrogens with one attached hydrogen (secondary N) is 1. The Kier molecular flexibility index (Phi) is 9.68. The molecule has 0 aliphatic carbocycles. The van der Waals surface area contributed by atoms with Gasteiger partial charge in [-0.2, -0.15) is 0 Å². The molecule has 0 spiro atoms. The molecule has 1 aromatic rings. The van der Waals surface area contributed by atoms with Crippen LogP contribution in [0.25, 0.3) is 0 Å². The van der Waals surface area contributed by atoms with E-state index in [9.17, 15) is 4.79 Å². The highest BCUT2D eigenvalue weighted by Gasteiger charge is 2.19. The van der Waals surface area contributed by atoms with Crippen molar-refractivity contribution >= 4 is 53.3 Å². The van der Waals surface area contributed by atoms with E-state index in [1.54, 1.807) is 30.1 Å². The Morgan fingerprint density at radius 3 is 2.70 bits per heavy atom. The smallest absolute Gasteiger partial charge is 0.235 e. The summed E-state index contributed by atoms with van der Waals surface area (Å²) >= 11 is 13.5. The van der Waals surface area contributed by atoms with Gasteiger partial charge in [-0.15, -0.1) is 24.2 Å². The zero-order valence-corrected chi connectivity index (χ0v) is 14.8. The molecule has 0 heterocycles. The third-order valence-corrected chi connectivity index (χ3v) is 4.44. The average Bonchev–Trinajstić information content (AvgIpc) is 2.39. The summed E-state index contributed by atoms with van der Waals surface area (Å²) < 4.78 is 0. The Balaban J connectivity index is 0.00000361. The fourth-order valence-corrected chi connectivity index (χ4v) is 3.03. The monoisotopic (exact) mass is 356 g/mol. The Bertz CT molecular complexity index is 446. The predicted octanol–water partition coefficient (Wildman–Crippen LogP) is 3.57. The van der Waals surface area contributed by atoms with Crippen molar-refractivity contribution in [1.82, 2.24) is 10.2 Å². The number of amides is 1. The normalized spacial score (nSPS) is 11.7. The summed E-state index contributed by atoms with van der Waals surface area (Å²) in [6, 6.07) is 5.26. The SMILES string of the molecule is CNCCN(C)C(=O)C(C)Sc1cc(Cl)ccc1Cl.Cl. The summed E-state index contributed by atoms with van der Waals surface area (Å²) in [5.74, 6) is 0.0799. The number of halogens is 3. The van der Waals surface area contributed by atoms with Crippen molar-refractivity contribution in [2.45, 2.75) is 17.1 Å². The molecule has 1 aromatic carbocycles. The lowest BCUT2D eigenvalue weighted by Crippen LogP contribution is -2.37. The first-order valence-corrected chi connectivity index (χ1v) is 7.60. The molecule has 1 unspecified atom stereocenters. The maximum atomic E-state index is 12.2. The first kappa shape index (κ1) is 19.9. The van der Waals surface area contributed by atoms with Crippen LogP contribution in [0.15, 0.2) is 23.1 Å². The van der Waals surface area contributed by atoms with Crippen LogP contribution < -0.4 is 5.32 Å². The van der Waals surface area contributed by atoms with Crippen LogP contribution in [0, 0.1) is 0 Å². The summed E-state index contributed by atoms with van der Waals surface area (Å²) in [7, 11) is 3.67. The van der Waals surface area contributed by atoms with Gasteiger partial charge in [0.25, 0.3) is 0 Å². The highest BCUT2D eigenvalue weighted by molar-refractivity contribution is 8.00. The molecule has 1 N–H and O–H groups in total. The molecule has 1 atom stereocenters. The lowest BCUT2D eigenvalue weighted by Gasteiger charge is -2.21. The molecule has 0 radical (unpaired) electrons. The Morgan fingerprint density at radius 2 is 2.10 bits per heavy atom. The molecule has 1 rings (SSSR count). The summed E-state index contributed by atoms with van der Waals surface area (Å²) in [5.41, 5.74) is 0. The van der Waals surface area contributed by atoms with Crippen LogP contribution in [0.5, 0.6) is 0 Å². The number of rotatable bonds is 6. The molecule has 0 aromatic heterocycles. The second kappa shape index (κ2) is 9.74. The van der Waals surface area contributed by atoms with Crippen molar-refractivity contribution in [3.05, 3.63) is 28.2 Å². The molecule has 7 heteroatoms. The number of carbonyl (C=O) groups excluding carboxylic acids is 1. The number of hydrogen-bond donors (Lipinski definition) is 1. The molecule has 0 saturated heterocycles. The van der Waals surface area contributed by atoms with Gasteiger partial charge in [0.05, 0.1) is 10.3 Å². The fraction of sp³-hybridized carbons (Fsp3) is 0.462. The minimum atomic E-state index is -0.196. The minimum Gasteiger partial charge on any atom is -0.344 e. The number of benzene rings is 1. The Hall–Kier alpha value is -0.130. The second-order valence-corrected chi connectivity index (χ2v) is 6.42. The maximum absolute atomic E-state index is 12.2. The molecule has 20 heavy (non-hydrogen) atoms. The van der Waals surface area contributed by atoms with Crippen LogP contribution >= 0.6 is 47.4 Å². The van der Waals surface area contributed by atoms with Gasteiger partial charge in [-0.25, -0.2) is 0 Å². The standard InChI is InChI=1S/C13H18Cl2N2OS.ClH/c1-9(13(18)17(3)7-6-16-2)19-12-8-10(14)4-5-11(12)15;/h4-5,8-9,16H,6-7H2,1-3H3;1H. The van der Waals surface area contributed by atoms with Crippen molar-refractivity contribution < 1.29 is 4.79 Å². The van der Waals surface area contributed by atoms with Crippen LogP contribution in [0.1, 0.15) is 6.92 Å². The van der Waals surface area contributed by atoms with Crippen molar-refractivity contribution in [3.8, 4) is 0 Å². The van der Waals surface area contributed by atoms with E-state index in [-0.39, 0.29) is 23.6 Å². The number of carbonyl (C=O) groups is 1. The molecule has 0 aliphatic rings. The Labute approximate surface area is 140 Å². The van der Waals surface area contributed by atoms with E-state index in [2.05, 4.69) is 5.32 Å². The van der Waals surface area contributed by atoms with Crippen LogP contribution in [0.3, 0.4) is 0 Å². The van der Waals surface area contributed by atoms with E-state index < -0.39 is 0 Å². The van der Waals surface area contributed by atoms with Gasteiger partial charge >= 0.3 is 0 Å². The first-order chi connectivity index (χ1) is 8.95. The van der Waals surface area contributed by atoms with E-state index in [1.165, 1.54) is 11.8 Å². The molecular weight excluding hydrogens is 339 g/mol. The zero-order chi connectivity index (χ0) is 14.4. The summed E-state index contributed by atoms with van der Waals surface area (Å²) in [5, 5.41) is 4.06. The van der Waals surface area contributed by atoms with Crippen molar-refractivity contribution in [2.75, 3.05) is 27.2 Å². The number of likely N-dealkylation sites (N-methyl/N-ethyl adjacent to an activating group) is 2. The first-order valence-electron chi connectivity index (χ1n) is 5.97. The minimum absolute atomic E-state index is 0. The van der Waals surface area contributed by atoms with Gasteiger partial charge in [0.1, 0.15) is 0 Å². The van der Waals surface area contributed by atoms with Crippen LogP contribution in [0.2, 0.25) is 10.0 Å². The highest BCUT2D eigenvalue weighted by atomic mass is 35.5. The molecule has 1 amide bonds. The van der Waals surface area contributed by atoms with Gasteiger partial charge in [0.15, 0.2) is 0 Å². The Morgan fingerprint density at radius 1 is 1.45 bits per heavy atom. The number of hydrogen-bond acceptors (Lipinski definition) is 3. The van der Waals surface area contributed by atoms with Gasteiger partial charge in [-0.1, -0.05) is 23.2 Å². The number of thioether (sulfide) groups is 1. The highest BCUT2D eigenvalue weighted by Crippen LogP contribution is 2.33. The van der Waals surface area contributed by atoms with E-state index in [4.69, 9.17) is 23.2 Å². The van der Waals surface area contributed by atoms with Crippen molar-refractivity contribution in [2.24, 2.45) is 0 Å². The predicted molar refractivity (Wildman–Crippen MR) is 90.6 cm³/mol. The molecule has 114 valence electrons. The molecule has 0 bridgehead atoms. The third kappa shape index (κ3) is 6.10. The van der Waals surface area contributed by atoms with Crippen LogP contribution in [0.4, 0.5) is 0 Å². The molecule has 3 nitrogen and oxygen atoms in total. The van der Waals surface area contributed by atoms with E-state index in [0.717, 1.165) is 11.4 Å². The van der Waals surface area contributed by atoms with Crippen LogP contribution in [-0.2, 0) is 4.79 Å². The van der Waals surface area contributed by atoms with Gasteiger partial charge in [-0.3, -0.25) is 4.79 Å². The summed E-state index contributed by atoms with van der Waals surface area (Å²) in [6.07, 6.45) is 0. The van der Waals surface area contributed by atoms with Crippen molar-refractivity contribution in [3.63, 3.8) is 0 Å². The third-order valence-electron chi connectivity index (χ3n) is 2.62. The molecule has 0 saturated carbocycles. The van der Waals surface area contributed by atoms with E-state index >= 15 is 0 Å². The zero-order valence-electron chi connectivity index (χ0n) is 11.7. The quantitative estimate of drug-likeness (QED) is 0.790. The average molecular weight is 358 g/mol. The topological polar surface area (TPSA) is 32.3 Å². The van der Waals surface area contributed by atoms with E-state index in [0.29, 0.717) is 16.6 Å². The van der Waals surface area contributed by atoms with Crippen molar-refractivity contribution in [1.29, 1.82) is 0 Å². The fourth-order valence-electron chi connectivity index (χ4n) is 1.51. The second-order valence-electron chi connectivity index (χ2n) is 4.20. The van der Waals surface area contributed by atoms with E-state index in [1.807, 2.05) is 14.0 Å². The lowest BCUT2D eigenvalue weighted by molar-refractivity contribution is -0.128. The summed E-state index contributed by atoms with van der Waals surface area (Å²) in [4.78, 5) is 14.7.